The molecule has 4 heterocycles. The minimum absolute atomic E-state index is 0.0142. The van der Waals surface area contributed by atoms with Gasteiger partial charge in [0, 0.05) is 50.6 Å². The van der Waals surface area contributed by atoms with Crippen LogP contribution in [0, 0.1) is 0 Å². The first kappa shape index (κ1) is 26.5. The number of anilines is 1. The minimum atomic E-state index is -4.62. The van der Waals surface area contributed by atoms with Crippen LogP contribution in [0.1, 0.15) is 24.0 Å². The number of nitrogens with two attached hydrogens (primary N) is 1. The van der Waals surface area contributed by atoms with Gasteiger partial charge in [0.2, 0.25) is 0 Å². The molecule has 9 nitrogen and oxygen atoms in total. The first-order chi connectivity index (χ1) is 17.3. The second-order valence-corrected chi connectivity index (χ2v) is 9.17. The van der Waals surface area contributed by atoms with E-state index in [0.717, 1.165) is 31.9 Å². The number of pyridine rings is 1. The number of nitrogen functional groups attached to an aromatic ring is 1. The molecule has 3 saturated heterocycles. The van der Waals surface area contributed by atoms with Crippen LogP contribution >= 0.6 is 0 Å². The van der Waals surface area contributed by atoms with E-state index in [9.17, 15) is 13.2 Å². The first-order valence-corrected chi connectivity index (χ1v) is 12.3. The molecule has 2 N–H and O–H groups in total. The Morgan fingerprint density at radius 1 is 1.14 bits per heavy atom. The molecule has 198 valence electrons. The molecule has 0 aromatic carbocycles. The van der Waals surface area contributed by atoms with E-state index in [-0.39, 0.29) is 29.9 Å². The molecule has 3 aliphatic rings. The quantitative estimate of drug-likeness (QED) is 0.537. The maximum absolute atomic E-state index is 13.9. The number of likely N-dealkylation sites (tertiary alicyclic amines) is 1. The van der Waals surface area contributed by atoms with E-state index in [1.54, 1.807) is 6.08 Å². The Labute approximate surface area is 209 Å². The van der Waals surface area contributed by atoms with Crippen LogP contribution in [0.2, 0.25) is 0 Å². The SMILES string of the molecule is C=N/C(=C\C(=N/CN1CCOCC1)c1cnc(N)cc1C(F)(F)F)N1CCOC(CN2CCCC2)C1. The van der Waals surface area contributed by atoms with E-state index in [2.05, 4.69) is 26.6 Å². The van der Waals surface area contributed by atoms with Gasteiger partial charge in [0.25, 0.3) is 0 Å². The van der Waals surface area contributed by atoms with E-state index >= 15 is 0 Å². The summed E-state index contributed by atoms with van der Waals surface area (Å²) in [5.74, 6) is 0.248. The number of alkyl halides is 3. The second-order valence-electron chi connectivity index (χ2n) is 9.17. The monoisotopic (exact) mass is 509 g/mol. The van der Waals surface area contributed by atoms with Crippen molar-refractivity contribution in [3.63, 3.8) is 0 Å². The predicted molar refractivity (Wildman–Crippen MR) is 132 cm³/mol. The number of halogens is 3. The topological polar surface area (TPSA) is 91.8 Å². The Kier molecular flexibility index (Phi) is 8.94. The fraction of sp³-hybridized carbons (Fsp3) is 0.625. The van der Waals surface area contributed by atoms with Crippen molar-refractivity contribution >= 4 is 18.2 Å². The molecule has 0 amide bonds. The molecular weight excluding hydrogens is 475 g/mol. The van der Waals surface area contributed by atoms with Gasteiger partial charge in [0.05, 0.1) is 43.9 Å². The molecule has 0 spiro atoms. The van der Waals surface area contributed by atoms with Gasteiger partial charge in [-0.3, -0.25) is 9.89 Å². The van der Waals surface area contributed by atoms with Crippen molar-refractivity contribution in [1.29, 1.82) is 0 Å². The minimum Gasteiger partial charge on any atom is -0.384 e. The molecule has 1 atom stereocenters. The van der Waals surface area contributed by atoms with Crippen LogP contribution in [0.5, 0.6) is 0 Å². The van der Waals surface area contributed by atoms with Crippen molar-refractivity contribution in [3.05, 3.63) is 35.3 Å². The summed E-state index contributed by atoms with van der Waals surface area (Å²) in [6.45, 7) is 10.9. The Balaban J connectivity index is 1.62. The van der Waals surface area contributed by atoms with E-state index in [1.807, 2.05) is 9.80 Å². The summed E-state index contributed by atoms with van der Waals surface area (Å²) in [6, 6.07) is 0.843. The van der Waals surface area contributed by atoms with Gasteiger partial charge in [-0.05, 0) is 38.7 Å². The van der Waals surface area contributed by atoms with Gasteiger partial charge in [0.1, 0.15) is 11.6 Å². The number of allylic oxidation sites excluding steroid dienone is 1. The third kappa shape index (κ3) is 7.02. The highest BCUT2D eigenvalue weighted by molar-refractivity contribution is 6.10. The molecule has 3 aliphatic heterocycles. The number of aromatic nitrogens is 1. The normalized spacial score (nSPS) is 23.3. The van der Waals surface area contributed by atoms with Gasteiger partial charge in [-0.1, -0.05) is 0 Å². The Morgan fingerprint density at radius 2 is 1.89 bits per heavy atom. The molecule has 3 fully saturated rings. The maximum Gasteiger partial charge on any atom is 0.417 e. The smallest absolute Gasteiger partial charge is 0.384 e. The largest absolute Gasteiger partial charge is 0.417 e. The standard InChI is InChI=1S/C24H34F3N7O2/c1-29-23(34-8-11-36-18(16-34)15-32-4-2-3-5-32)13-21(31-17-33-6-9-35-10-7-33)19-14-30-22(28)12-20(19)24(25,26)27/h12-14,18H,1-11,15-17H2,(H2,28,30)/b23-13+,31-21+. The van der Waals surface area contributed by atoms with Crippen LogP contribution < -0.4 is 5.73 Å². The highest BCUT2D eigenvalue weighted by atomic mass is 19.4. The van der Waals surface area contributed by atoms with Crippen molar-refractivity contribution in [2.45, 2.75) is 25.1 Å². The lowest BCUT2D eigenvalue weighted by atomic mass is 10.0. The third-order valence-electron chi connectivity index (χ3n) is 6.60. The van der Waals surface area contributed by atoms with E-state index in [1.165, 1.54) is 12.8 Å². The lowest BCUT2D eigenvalue weighted by Gasteiger charge is -2.36. The summed E-state index contributed by atoms with van der Waals surface area (Å²) in [4.78, 5) is 19.1. The number of aliphatic imine (C=N–C) groups is 2. The van der Waals surface area contributed by atoms with Gasteiger partial charge in [0.15, 0.2) is 0 Å². The summed E-state index contributed by atoms with van der Waals surface area (Å²) in [5, 5.41) is 0. The van der Waals surface area contributed by atoms with Crippen LogP contribution in [0.25, 0.3) is 0 Å². The number of nitrogens with zero attached hydrogens (tertiary/aromatic N) is 6. The fourth-order valence-electron chi connectivity index (χ4n) is 4.69. The molecule has 0 radical (unpaired) electrons. The molecule has 0 saturated carbocycles. The Morgan fingerprint density at radius 3 is 2.58 bits per heavy atom. The van der Waals surface area contributed by atoms with E-state index < -0.39 is 11.7 Å². The van der Waals surface area contributed by atoms with Gasteiger partial charge in [-0.2, -0.15) is 13.2 Å². The molecule has 36 heavy (non-hydrogen) atoms. The molecule has 1 aromatic heterocycles. The first-order valence-electron chi connectivity index (χ1n) is 12.3. The second kappa shape index (κ2) is 12.1. The lowest BCUT2D eigenvalue weighted by molar-refractivity contribution is -0.137. The van der Waals surface area contributed by atoms with Crippen molar-refractivity contribution in [1.82, 2.24) is 19.7 Å². The van der Waals surface area contributed by atoms with Gasteiger partial charge in [-0.15, -0.1) is 0 Å². The van der Waals surface area contributed by atoms with Crippen LogP contribution in [-0.4, -0.2) is 111 Å². The number of ether oxygens (including phenoxy) is 2. The van der Waals surface area contributed by atoms with Gasteiger partial charge in [-0.25, -0.2) is 9.98 Å². The molecule has 1 unspecified atom stereocenters. The van der Waals surface area contributed by atoms with Crippen molar-refractivity contribution in [2.75, 3.05) is 78.0 Å². The number of morpholine rings is 2. The number of hydrogen-bond acceptors (Lipinski definition) is 9. The van der Waals surface area contributed by atoms with E-state index in [4.69, 9.17) is 15.2 Å². The van der Waals surface area contributed by atoms with Crippen LogP contribution in [-0.2, 0) is 15.7 Å². The average Bonchev–Trinajstić information content (AvgIpc) is 3.38. The predicted octanol–water partition coefficient (Wildman–Crippen LogP) is 2.10. The highest BCUT2D eigenvalue weighted by Gasteiger charge is 2.35. The number of rotatable bonds is 8. The molecule has 12 heteroatoms. The van der Waals surface area contributed by atoms with Crippen molar-refractivity contribution < 1.29 is 22.6 Å². The zero-order chi connectivity index (χ0) is 25.5. The van der Waals surface area contributed by atoms with Gasteiger partial charge < -0.3 is 25.0 Å². The molecule has 4 rings (SSSR count). The summed E-state index contributed by atoms with van der Waals surface area (Å²) >= 11 is 0. The zero-order valence-corrected chi connectivity index (χ0v) is 20.4. The molecule has 0 bridgehead atoms. The third-order valence-corrected chi connectivity index (χ3v) is 6.60. The van der Waals surface area contributed by atoms with Crippen molar-refractivity contribution in [3.8, 4) is 0 Å². The van der Waals surface area contributed by atoms with Crippen molar-refractivity contribution in [2.24, 2.45) is 9.98 Å². The zero-order valence-electron chi connectivity index (χ0n) is 20.4. The summed E-state index contributed by atoms with van der Waals surface area (Å²) in [7, 11) is 0. The molecule has 0 aliphatic carbocycles. The average molecular weight is 510 g/mol. The Hall–Kier alpha value is -2.54. The van der Waals surface area contributed by atoms with E-state index in [0.29, 0.717) is 51.8 Å². The highest BCUT2D eigenvalue weighted by Crippen LogP contribution is 2.33. The maximum atomic E-state index is 13.9. The van der Waals surface area contributed by atoms with Crippen LogP contribution in [0.3, 0.4) is 0 Å². The van der Waals surface area contributed by atoms with Crippen LogP contribution in [0.4, 0.5) is 19.0 Å². The van der Waals surface area contributed by atoms with Gasteiger partial charge >= 0.3 is 6.18 Å². The fourth-order valence-corrected chi connectivity index (χ4v) is 4.69. The summed E-state index contributed by atoms with van der Waals surface area (Å²) in [6.07, 6.45) is 0.435. The molecular formula is C24H34F3N7O2. The molecule has 1 aromatic rings. The Bertz CT molecular complexity index is 958. The summed E-state index contributed by atoms with van der Waals surface area (Å²) in [5.41, 5.74) is 4.70. The summed E-state index contributed by atoms with van der Waals surface area (Å²) < 4.78 is 53.2. The lowest BCUT2D eigenvalue weighted by Crippen LogP contribution is -2.46. The van der Waals surface area contributed by atoms with Crippen LogP contribution in [0.15, 0.2) is 34.1 Å². The number of hydrogen-bond donors (Lipinski definition) is 1.